The molecule has 0 aliphatic heterocycles. The second kappa shape index (κ2) is 28.0. The van der Waals surface area contributed by atoms with Gasteiger partial charge in [0.05, 0.1) is 35.8 Å². The number of fused-ring (bicyclic) bond motifs is 17. The lowest BCUT2D eigenvalue weighted by molar-refractivity contribution is 0.668. The number of hydrogen-bond donors (Lipinski definition) is 0. The van der Waals surface area contributed by atoms with Gasteiger partial charge in [0.15, 0.2) is 0 Å². The van der Waals surface area contributed by atoms with E-state index in [1.54, 1.807) is 0 Å². The number of para-hydroxylation sites is 5. The lowest BCUT2D eigenvalue weighted by Crippen LogP contribution is -1.94. The number of furan rings is 2. The highest BCUT2D eigenvalue weighted by Crippen LogP contribution is 2.52. The molecule has 4 nitrogen and oxygen atoms in total. The van der Waals surface area contributed by atoms with Crippen molar-refractivity contribution in [1.29, 1.82) is 0 Å². The fraction of sp³-hybridized carbons (Fsp3) is 0. The molecule has 0 N–H and O–H groups in total. The Morgan fingerprint density at radius 2 is 0.525 bits per heavy atom. The highest BCUT2D eigenvalue weighted by Gasteiger charge is 2.26. The van der Waals surface area contributed by atoms with E-state index < -0.39 is 12.1 Å². The summed E-state index contributed by atoms with van der Waals surface area (Å²) in [5.74, 6) is 0. The third-order valence-electron chi connectivity index (χ3n) is 24.3. The van der Waals surface area contributed by atoms with Crippen LogP contribution in [0, 0.1) is 0 Å². The van der Waals surface area contributed by atoms with Crippen molar-refractivity contribution in [3.63, 3.8) is 0 Å². The summed E-state index contributed by atoms with van der Waals surface area (Å²) in [4.78, 5) is 0. The van der Waals surface area contributed by atoms with Gasteiger partial charge in [0.25, 0.3) is 0 Å². The average molecular weight is 1540 g/mol. The minimum Gasteiger partial charge on any atom is -0.456 e. The van der Waals surface area contributed by atoms with Crippen LogP contribution >= 0.6 is 0 Å². The van der Waals surface area contributed by atoms with E-state index in [2.05, 4.69) is 282 Å². The Bertz CT molecular complexity index is 8990. The molecular formula is C116H72N2O2. The molecule has 0 atom stereocenters. The smallest absolute Gasteiger partial charge is 0.136 e. The predicted octanol–water partition coefficient (Wildman–Crippen LogP) is 32.5. The maximum absolute atomic E-state index is 9.03. The van der Waals surface area contributed by atoms with Crippen molar-refractivity contribution in [1.82, 2.24) is 9.13 Å². The SMILES string of the molecule is [2H]c1c([2H])c([2H])c(-c2c3ccccc3c(-c3cccc(-c4ccc5oc6ccccc6c5c4-c4ccc5c6ccccc6n(-c6ccc7ccccc7c6)c5c4)c3)c3ccccc23)c([2H])c1[2H].[2H]c1c([2H])c([2H])c(-c2c3ccccc3c(-c3cccc(-c4ccc5oc6ccccc6c5c4-c4ccc5c6ccccc6n(-c6ccccc6)c5c4)c3)c3ccccc23)c([2H])c1[2H]. The van der Waals surface area contributed by atoms with Crippen LogP contribution in [0.1, 0.15) is 13.7 Å². The third-order valence-corrected chi connectivity index (χ3v) is 24.3. The molecule has 0 radical (unpaired) electrons. The molecule has 25 aromatic rings. The van der Waals surface area contributed by atoms with Crippen LogP contribution in [0.3, 0.4) is 0 Å². The Hall–Kier alpha value is -15.9. The second-order valence-corrected chi connectivity index (χ2v) is 30.8. The first-order chi connectivity index (χ1) is 63.7. The van der Waals surface area contributed by atoms with Crippen LogP contribution in [0.25, 0.3) is 242 Å². The number of hydrogen-bond acceptors (Lipinski definition) is 2. The average Bonchev–Trinajstić information content (AvgIpc) is 0.807. The summed E-state index contributed by atoms with van der Waals surface area (Å²) in [7, 11) is 0. The largest absolute Gasteiger partial charge is 0.456 e. The van der Waals surface area contributed by atoms with Crippen molar-refractivity contribution >= 4 is 141 Å². The molecule has 0 amide bonds. The van der Waals surface area contributed by atoms with Crippen LogP contribution in [0.4, 0.5) is 0 Å². The van der Waals surface area contributed by atoms with Gasteiger partial charge in [-0.3, -0.25) is 0 Å². The molecule has 4 heteroatoms. The fourth-order valence-corrected chi connectivity index (χ4v) is 19.3. The molecule has 0 saturated heterocycles. The highest BCUT2D eigenvalue weighted by atomic mass is 16.3. The Balaban J connectivity index is 0.000000144. The highest BCUT2D eigenvalue weighted by molar-refractivity contribution is 6.25. The van der Waals surface area contributed by atoms with Crippen LogP contribution in [-0.2, 0) is 0 Å². The van der Waals surface area contributed by atoms with Crippen LogP contribution in [-0.4, -0.2) is 9.13 Å². The number of aromatic nitrogens is 2. The number of rotatable bonds is 10. The summed E-state index contributed by atoms with van der Waals surface area (Å²) in [5, 5.41) is 18.2. The van der Waals surface area contributed by atoms with Gasteiger partial charge in [0.2, 0.25) is 0 Å². The first-order valence-electron chi connectivity index (χ1n) is 45.4. The Kier molecular flexibility index (Phi) is 13.7. The zero-order chi connectivity index (χ0) is 87.6. The Morgan fingerprint density at radius 1 is 0.183 bits per heavy atom. The molecule has 4 heterocycles. The van der Waals surface area contributed by atoms with Crippen molar-refractivity contribution in [2.24, 2.45) is 0 Å². The predicted molar refractivity (Wildman–Crippen MR) is 507 cm³/mol. The van der Waals surface area contributed by atoms with E-state index in [1.807, 2.05) is 103 Å². The summed E-state index contributed by atoms with van der Waals surface area (Å²) in [6, 6.07) is 128. The molecule has 0 bridgehead atoms. The minimum atomic E-state index is -0.408. The van der Waals surface area contributed by atoms with Crippen molar-refractivity contribution in [3.05, 3.63) is 437 Å². The summed E-state index contributed by atoms with van der Waals surface area (Å²) < 4.78 is 105. The number of benzene rings is 21. The molecule has 4 aromatic heterocycles. The van der Waals surface area contributed by atoms with Gasteiger partial charge < -0.3 is 18.0 Å². The number of nitrogens with zero attached hydrogens (tertiary/aromatic N) is 2. The second-order valence-electron chi connectivity index (χ2n) is 30.8. The fourth-order valence-electron chi connectivity index (χ4n) is 19.3. The summed E-state index contributed by atoms with van der Waals surface area (Å²) in [6.07, 6.45) is 0. The topological polar surface area (TPSA) is 36.1 Å². The molecule has 0 spiro atoms. The van der Waals surface area contributed by atoms with Crippen molar-refractivity contribution in [2.75, 3.05) is 0 Å². The van der Waals surface area contributed by atoms with Crippen LogP contribution in [0.15, 0.2) is 445 Å². The molecule has 25 rings (SSSR count). The van der Waals surface area contributed by atoms with E-state index in [9.17, 15) is 0 Å². The zero-order valence-electron chi connectivity index (χ0n) is 74.5. The van der Waals surface area contributed by atoms with Crippen LogP contribution < -0.4 is 0 Å². The van der Waals surface area contributed by atoms with Gasteiger partial charge in [-0.05, 0) is 217 Å². The van der Waals surface area contributed by atoms with Gasteiger partial charge in [-0.1, -0.05) is 352 Å². The molecule has 0 aliphatic carbocycles. The van der Waals surface area contributed by atoms with Gasteiger partial charge in [-0.15, -0.1) is 0 Å². The summed E-state index contributed by atoms with van der Waals surface area (Å²) >= 11 is 0. The molecule has 0 aliphatic rings. The Morgan fingerprint density at radius 3 is 0.967 bits per heavy atom. The molecule has 0 fully saturated rings. The van der Waals surface area contributed by atoms with Crippen molar-refractivity contribution < 1.29 is 22.5 Å². The van der Waals surface area contributed by atoms with Gasteiger partial charge in [0.1, 0.15) is 22.3 Å². The van der Waals surface area contributed by atoms with Crippen molar-refractivity contribution in [3.8, 4) is 100 Å². The first-order valence-corrected chi connectivity index (χ1v) is 40.4. The van der Waals surface area contributed by atoms with Gasteiger partial charge in [-0.2, -0.15) is 0 Å². The molecule has 558 valence electrons. The molecule has 21 aromatic carbocycles. The quantitative estimate of drug-likeness (QED) is 0.128. The van der Waals surface area contributed by atoms with E-state index in [4.69, 9.17) is 22.5 Å². The minimum absolute atomic E-state index is 0.195. The Labute approximate surface area is 705 Å². The van der Waals surface area contributed by atoms with E-state index in [-0.39, 0.29) is 59.5 Å². The van der Waals surface area contributed by atoms with E-state index in [1.165, 1.54) is 32.3 Å². The van der Waals surface area contributed by atoms with E-state index >= 15 is 0 Å². The van der Waals surface area contributed by atoms with Crippen LogP contribution in [0.5, 0.6) is 0 Å². The molecular weight excluding hydrogens is 1450 g/mol. The van der Waals surface area contributed by atoms with Gasteiger partial charge in [0, 0.05) is 65.6 Å². The summed E-state index contributed by atoms with van der Waals surface area (Å²) in [5.41, 5.74) is 24.1. The molecule has 120 heavy (non-hydrogen) atoms. The standard InChI is InChI=1S/C60H37NO.C56H35NO/c1-2-16-39(17-3-1)57-48-22-6-8-24-50(48)58(51-25-9-7-23-49(51)57)42-20-14-19-41(35-42)45-33-34-56-60(52-26-11-13-28-55(52)62-56)59(45)43-30-32-47-46-21-10-12-27-53(46)61(54(47)37-43)44-31-29-38-15-4-5-18-40(38)36-44;1-3-16-36(17-4-1)53-44-23-7-9-25-46(44)54(47-26-10-8-24-45(47)53)38-19-15-18-37(34-38)41-32-33-52-56(48-27-12-14-29-51(48)58-52)55(41)39-30-31-43-42-22-11-13-28-49(42)57(50(43)35-39)40-20-5-2-6-21-40/h1-37H;1-35H/i1D,2D,3D,16D,17D;1D,3D,4D,16D,17D. The van der Waals surface area contributed by atoms with Crippen LogP contribution in [0.2, 0.25) is 0 Å². The molecule has 0 unspecified atom stereocenters. The van der Waals surface area contributed by atoms with Gasteiger partial charge >= 0.3 is 0 Å². The van der Waals surface area contributed by atoms with E-state index in [0.29, 0.717) is 11.1 Å². The zero-order valence-corrected chi connectivity index (χ0v) is 64.5. The van der Waals surface area contributed by atoms with Crippen molar-refractivity contribution in [2.45, 2.75) is 0 Å². The maximum Gasteiger partial charge on any atom is 0.136 e. The molecule has 0 saturated carbocycles. The third kappa shape index (κ3) is 11.0. The lowest BCUT2D eigenvalue weighted by Gasteiger charge is -2.19. The maximum atomic E-state index is 9.03. The normalized spacial score (nSPS) is 13.0. The van der Waals surface area contributed by atoms with E-state index in [0.717, 1.165) is 187 Å². The lowest BCUT2D eigenvalue weighted by atomic mass is 9.84. The summed E-state index contributed by atoms with van der Waals surface area (Å²) in [6.45, 7) is 0. The first kappa shape index (κ1) is 58.9. The van der Waals surface area contributed by atoms with Gasteiger partial charge in [-0.25, -0.2) is 0 Å². The monoisotopic (exact) mass is 1530 g/mol.